The summed E-state index contributed by atoms with van der Waals surface area (Å²) in [6.07, 6.45) is 11.0. The highest BCUT2D eigenvalue weighted by atomic mass is 16.3. The highest BCUT2D eigenvalue weighted by Crippen LogP contribution is 2.26. The van der Waals surface area contributed by atoms with E-state index in [9.17, 15) is 5.11 Å². The fourth-order valence-electron chi connectivity index (χ4n) is 2.71. The van der Waals surface area contributed by atoms with Crippen molar-refractivity contribution in [2.75, 3.05) is 13.1 Å². The Morgan fingerprint density at radius 3 is 2.42 bits per heavy atom. The lowest BCUT2D eigenvalue weighted by Gasteiger charge is -2.26. The molecule has 0 aliphatic heterocycles. The zero-order chi connectivity index (χ0) is 13.4. The Bertz CT molecular complexity index is 378. The Morgan fingerprint density at radius 2 is 1.74 bits per heavy atom. The van der Waals surface area contributed by atoms with Crippen LogP contribution in [-0.2, 0) is 0 Å². The van der Waals surface area contributed by atoms with E-state index in [4.69, 9.17) is 0 Å². The minimum absolute atomic E-state index is 0.475. The first kappa shape index (κ1) is 14.3. The van der Waals surface area contributed by atoms with Crippen LogP contribution in [0.5, 0.6) is 0 Å². The molecule has 0 heterocycles. The average Bonchev–Trinajstić information content (AvgIpc) is 2.65. The Kier molecular flexibility index (Phi) is 5.62. The van der Waals surface area contributed by atoms with Crippen molar-refractivity contribution in [1.82, 2.24) is 5.32 Å². The maximum absolute atomic E-state index is 10.5. The molecule has 0 spiro atoms. The Hall–Kier alpha value is -1.12. The molecule has 0 bridgehead atoms. The van der Waals surface area contributed by atoms with E-state index in [2.05, 4.69) is 29.6 Å². The van der Waals surface area contributed by atoms with Gasteiger partial charge in [0.1, 0.15) is 0 Å². The molecule has 0 amide bonds. The topological polar surface area (TPSA) is 32.3 Å². The second-order valence-corrected chi connectivity index (χ2v) is 5.58. The van der Waals surface area contributed by atoms with E-state index >= 15 is 0 Å². The minimum Gasteiger partial charge on any atom is -0.389 e. The van der Waals surface area contributed by atoms with Gasteiger partial charge in [-0.05, 0) is 18.4 Å². The van der Waals surface area contributed by atoms with Gasteiger partial charge in [0.25, 0.3) is 0 Å². The van der Waals surface area contributed by atoms with Gasteiger partial charge in [-0.15, -0.1) is 0 Å². The normalized spacial score (nSPS) is 19.4. The smallest absolute Gasteiger partial charge is 0.0771 e. The van der Waals surface area contributed by atoms with Crippen LogP contribution < -0.4 is 5.32 Å². The maximum atomic E-state index is 10.5. The molecule has 1 aliphatic carbocycles. The third kappa shape index (κ3) is 5.17. The Labute approximate surface area is 116 Å². The maximum Gasteiger partial charge on any atom is 0.0771 e. The molecule has 1 aliphatic rings. The number of aliphatic hydroxyl groups is 1. The van der Waals surface area contributed by atoms with Gasteiger partial charge in [-0.1, -0.05) is 68.2 Å². The highest BCUT2D eigenvalue weighted by molar-refractivity contribution is 5.48. The summed E-state index contributed by atoms with van der Waals surface area (Å²) in [5, 5.41) is 13.8. The van der Waals surface area contributed by atoms with Crippen molar-refractivity contribution >= 4 is 6.08 Å². The van der Waals surface area contributed by atoms with Crippen LogP contribution in [0, 0.1) is 0 Å². The predicted molar refractivity (Wildman–Crippen MR) is 81.0 cm³/mol. The summed E-state index contributed by atoms with van der Waals surface area (Å²) in [6.45, 7) is 1.53. The van der Waals surface area contributed by atoms with E-state index in [0.717, 1.165) is 32.2 Å². The standard InChI is InChI=1S/C17H25NO/c19-17(12-6-1-2-7-13-17)15-18-14-8-11-16-9-4-3-5-10-16/h3-5,8-11,18-19H,1-2,6-7,12-15H2. The minimum atomic E-state index is -0.475. The molecule has 1 saturated carbocycles. The second kappa shape index (κ2) is 7.46. The van der Waals surface area contributed by atoms with E-state index in [1.54, 1.807) is 0 Å². The van der Waals surface area contributed by atoms with Crippen LogP contribution in [0.4, 0.5) is 0 Å². The van der Waals surface area contributed by atoms with E-state index in [-0.39, 0.29) is 0 Å². The van der Waals surface area contributed by atoms with Crippen LogP contribution in [0.1, 0.15) is 44.1 Å². The zero-order valence-corrected chi connectivity index (χ0v) is 11.6. The van der Waals surface area contributed by atoms with Crippen molar-refractivity contribution in [3.63, 3.8) is 0 Å². The second-order valence-electron chi connectivity index (χ2n) is 5.58. The molecule has 19 heavy (non-hydrogen) atoms. The summed E-state index contributed by atoms with van der Waals surface area (Å²) in [4.78, 5) is 0. The van der Waals surface area contributed by atoms with Crippen molar-refractivity contribution in [3.8, 4) is 0 Å². The zero-order valence-electron chi connectivity index (χ0n) is 11.6. The van der Waals surface area contributed by atoms with Crippen molar-refractivity contribution < 1.29 is 5.11 Å². The first-order valence-corrected chi connectivity index (χ1v) is 7.43. The summed E-state index contributed by atoms with van der Waals surface area (Å²) in [7, 11) is 0. The molecule has 0 atom stereocenters. The van der Waals surface area contributed by atoms with Crippen LogP contribution in [0.25, 0.3) is 6.08 Å². The van der Waals surface area contributed by atoms with Crippen LogP contribution >= 0.6 is 0 Å². The third-order valence-electron chi connectivity index (χ3n) is 3.86. The van der Waals surface area contributed by atoms with Gasteiger partial charge < -0.3 is 10.4 Å². The van der Waals surface area contributed by atoms with E-state index in [1.807, 2.05) is 18.2 Å². The summed E-state index contributed by atoms with van der Waals surface area (Å²) >= 11 is 0. The quantitative estimate of drug-likeness (QED) is 0.627. The fourth-order valence-corrected chi connectivity index (χ4v) is 2.71. The van der Waals surface area contributed by atoms with Gasteiger partial charge in [0.15, 0.2) is 0 Å². The Morgan fingerprint density at radius 1 is 1.05 bits per heavy atom. The summed E-state index contributed by atoms with van der Waals surface area (Å²) in [6, 6.07) is 10.3. The third-order valence-corrected chi connectivity index (χ3v) is 3.86. The van der Waals surface area contributed by atoms with Crippen molar-refractivity contribution in [2.24, 2.45) is 0 Å². The molecular formula is C17H25NO. The number of rotatable bonds is 5. The van der Waals surface area contributed by atoms with Gasteiger partial charge in [-0.25, -0.2) is 0 Å². The molecule has 0 radical (unpaired) electrons. The monoisotopic (exact) mass is 259 g/mol. The molecule has 0 saturated heterocycles. The van der Waals surface area contributed by atoms with E-state index < -0.39 is 5.60 Å². The molecule has 104 valence electrons. The molecule has 1 aromatic carbocycles. The highest BCUT2D eigenvalue weighted by Gasteiger charge is 2.26. The molecule has 2 nitrogen and oxygen atoms in total. The molecule has 0 unspecified atom stereocenters. The number of hydrogen-bond donors (Lipinski definition) is 2. The molecule has 1 aromatic rings. The van der Waals surface area contributed by atoms with Crippen molar-refractivity contribution in [1.29, 1.82) is 0 Å². The predicted octanol–water partition coefficient (Wildman–Crippen LogP) is 3.37. The molecule has 2 N–H and O–H groups in total. The summed E-state index contributed by atoms with van der Waals surface area (Å²) < 4.78 is 0. The summed E-state index contributed by atoms with van der Waals surface area (Å²) in [5.74, 6) is 0. The lowest BCUT2D eigenvalue weighted by molar-refractivity contribution is 0.0262. The number of benzene rings is 1. The molecular weight excluding hydrogens is 234 g/mol. The largest absolute Gasteiger partial charge is 0.389 e. The fraction of sp³-hybridized carbons (Fsp3) is 0.529. The first-order chi connectivity index (χ1) is 9.29. The number of nitrogens with one attached hydrogen (secondary N) is 1. The van der Waals surface area contributed by atoms with Crippen molar-refractivity contribution in [3.05, 3.63) is 42.0 Å². The van der Waals surface area contributed by atoms with Crippen LogP contribution in [0.15, 0.2) is 36.4 Å². The Balaban J connectivity index is 1.70. The molecule has 1 fully saturated rings. The van der Waals surface area contributed by atoms with Gasteiger partial charge in [0.05, 0.1) is 5.60 Å². The van der Waals surface area contributed by atoms with Crippen LogP contribution in [-0.4, -0.2) is 23.8 Å². The average molecular weight is 259 g/mol. The first-order valence-electron chi connectivity index (χ1n) is 7.43. The van der Waals surface area contributed by atoms with Gasteiger partial charge in [0, 0.05) is 13.1 Å². The van der Waals surface area contributed by atoms with Gasteiger partial charge in [-0.2, -0.15) is 0 Å². The van der Waals surface area contributed by atoms with Crippen molar-refractivity contribution in [2.45, 2.75) is 44.1 Å². The lowest BCUT2D eigenvalue weighted by atomic mass is 9.94. The van der Waals surface area contributed by atoms with E-state index in [1.165, 1.54) is 18.4 Å². The van der Waals surface area contributed by atoms with Crippen LogP contribution in [0.3, 0.4) is 0 Å². The number of hydrogen-bond acceptors (Lipinski definition) is 2. The molecule has 2 heteroatoms. The molecule has 0 aromatic heterocycles. The lowest BCUT2D eigenvalue weighted by Crippen LogP contribution is -2.40. The SMILES string of the molecule is OC1(CNCC=Cc2ccccc2)CCCCCC1. The van der Waals surface area contributed by atoms with Gasteiger partial charge in [-0.3, -0.25) is 0 Å². The summed E-state index contributed by atoms with van der Waals surface area (Å²) in [5.41, 5.74) is 0.745. The van der Waals surface area contributed by atoms with E-state index in [0.29, 0.717) is 6.54 Å². The van der Waals surface area contributed by atoms with Crippen LogP contribution in [0.2, 0.25) is 0 Å². The van der Waals surface area contributed by atoms with Gasteiger partial charge >= 0.3 is 0 Å². The van der Waals surface area contributed by atoms with Gasteiger partial charge in [0.2, 0.25) is 0 Å². The molecule has 2 rings (SSSR count).